The van der Waals surface area contributed by atoms with Crippen molar-refractivity contribution in [3.05, 3.63) is 0 Å². The second-order valence-corrected chi connectivity index (χ2v) is 8.40. The largest absolute Gasteiger partial charge is 0.381 e. The number of piperazine rings is 1. The Morgan fingerprint density at radius 2 is 1.86 bits per heavy atom. The van der Waals surface area contributed by atoms with Crippen LogP contribution in [0.4, 0.5) is 0 Å². The Kier molecular flexibility index (Phi) is 6.10. The van der Waals surface area contributed by atoms with Gasteiger partial charge in [-0.3, -0.25) is 4.90 Å². The van der Waals surface area contributed by atoms with Gasteiger partial charge in [0.15, 0.2) is 0 Å². The van der Waals surface area contributed by atoms with E-state index >= 15 is 0 Å². The SMILES string of the molecule is CC(C)CC1CN(CC2(C)CCOCC2)C(C(C)C)CN1. The molecule has 2 fully saturated rings. The van der Waals surface area contributed by atoms with Crippen LogP contribution in [0.2, 0.25) is 0 Å². The summed E-state index contributed by atoms with van der Waals surface area (Å²) in [7, 11) is 0. The highest BCUT2D eigenvalue weighted by atomic mass is 16.5. The average molecular weight is 296 g/mol. The minimum Gasteiger partial charge on any atom is -0.381 e. The maximum absolute atomic E-state index is 5.57. The first-order valence-corrected chi connectivity index (χ1v) is 8.95. The molecule has 2 aliphatic rings. The van der Waals surface area contributed by atoms with Crippen LogP contribution in [0.3, 0.4) is 0 Å². The van der Waals surface area contributed by atoms with E-state index in [2.05, 4.69) is 44.8 Å². The first-order chi connectivity index (χ1) is 9.89. The topological polar surface area (TPSA) is 24.5 Å². The summed E-state index contributed by atoms with van der Waals surface area (Å²) in [5, 5.41) is 3.80. The molecule has 2 aliphatic heterocycles. The van der Waals surface area contributed by atoms with E-state index in [0.29, 0.717) is 17.5 Å². The molecule has 2 heterocycles. The van der Waals surface area contributed by atoms with Crippen molar-refractivity contribution in [1.82, 2.24) is 10.2 Å². The summed E-state index contributed by atoms with van der Waals surface area (Å²) in [4.78, 5) is 2.79. The first-order valence-electron chi connectivity index (χ1n) is 8.95. The molecule has 0 aromatic rings. The molecule has 2 unspecified atom stereocenters. The molecular weight excluding hydrogens is 260 g/mol. The number of nitrogens with one attached hydrogen (secondary N) is 1. The Balaban J connectivity index is 1.99. The van der Waals surface area contributed by atoms with Crippen LogP contribution in [-0.2, 0) is 4.74 Å². The fraction of sp³-hybridized carbons (Fsp3) is 1.00. The van der Waals surface area contributed by atoms with Gasteiger partial charge in [0.2, 0.25) is 0 Å². The number of nitrogens with zero attached hydrogens (tertiary/aromatic N) is 1. The van der Waals surface area contributed by atoms with Crippen LogP contribution in [0, 0.1) is 17.3 Å². The normalized spacial score (nSPS) is 31.0. The Morgan fingerprint density at radius 1 is 1.19 bits per heavy atom. The molecule has 0 bridgehead atoms. The molecule has 2 atom stereocenters. The molecule has 2 saturated heterocycles. The van der Waals surface area contributed by atoms with E-state index in [1.165, 1.54) is 32.4 Å². The zero-order chi connectivity index (χ0) is 15.5. The van der Waals surface area contributed by atoms with Crippen LogP contribution in [0.25, 0.3) is 0 Å². The van der Waals surface area contributed by atoms with Crippen molar-refractivity contribution < 1.29 is 4.74 Å². The highest BCUT2D eigenvalue weighted by Gasteiger charge is 2.36. The van der Waals surface area contributed by atoms with Gasteiger partial charge in [0.1, 0.15) is 0 Å². The van der Waals surface area contributed by atoms with Gasteiger partial charge in [-0.05, 0) is 36.5 Å². The van der Waals surface area contributed by atoms with E-state index in [9.17, 15) is 0 Å². The molecule has 21 heavy (non-hydrogen) atoms. The molecule has 1 N–H and O–H groups in total. The smallest absolute Gasteiger partial charge is 0.0471 e. The third-order valence-corrected chi connectivity index (χ3v) is 5.35. The van der Waals surface area contributed by atoms with Crippen molar-refractivity contribution in [2.24, 2.45) is 17.3 Å². The summed E-state index contributed by atoms with van der Waals surface area (Å²) in [6.07, 6.45) is 3.73. The molecule has 0 aromatic carbocycles. The van der Waals surface area contributed by atoms with Crippen LogP contribution in [0.1, 0.15) is 53.9 Å². The molecule has 124 valence electrons. The van der Waals surface area contributed by atoms with Gasteiger partial charge in [0.05, 0.1) is 0 Å². The Hall–Kier alpha value is -0.120. The summed E-state index contributed by atoms with van der Waals surface area (Å²) in [5.74, 6) is 1.50. The first kappa shape index (κ1) is 17.2. The molecule has 0 aliphatic carbocycles. The van der Waals surface area contributed by atoms with Crippen LogP contribution in [0.5, 0.6) is 0 Å². The zero-order valence-electron chi connectivity index (χ0n) is 14.8. The lowest BCUT2D eigenvalue weighted by Gasteiger charge is -2.47. The maximum atomic E-state index is 5.57. The Morgan fingerprint density at radius 3 is 2.43 bits per heavy atom. The van der Waals surface area contributed by atoms with Crippen molar-refractivity contribution in [3.63, 3.8) is 0 Å². The summed E-state index contributed by atoms with van der Waals surface area (Å²) in [6, 6.07) is 1.36. The van der Waals surface area contributed by atoms with Crippen molar-refractivity contribution >= 4 is 0 Å². The van der Waals surface area contributed by atoms with Gasteiger partial charge in [-0.25, -0.2) is 0 Å². The predicted molar refractivity (Wildman–Crippen MR) is 89.6 cm³/mol. The summed E-state index contributed by atoms with van der Waals surface area (Å²) in [5.41, 5.74) is 0.450. The fourth-order valence-corrected chi connectivity index (χ4v) is 3.98. The van der Waals surface area contributed by atoms with Gasteiger partial charge in [-0.1, -0.05) is 34.6 Å². The Bertz CT molecular complexity index is 310. The van der Waals surface area contributed by atoms with Gasteiger partial charge in [-0.2, -0.15) is 0 Å². The molecule has 2 rings (SSSR count). The van der Waals surface area contributed by atoms with E-state index in [-0.39, 0.29) is 0 Å². The highest BCUT2D eigenvalue weighted by Crippen LogP contribution is 2.33. The van der Waals surface area contributed by atoms with Gasteiger partial charge in [0, 0.05) is 44.9 Å². The van der Waals surface area contributed by atoms with E-state index in [0.717, 1.165) is 31.6 Å². The van der Waals surface area contributed by atoms with Crippen LogP contribution >= 0.6 is 0 Å². The van der Waals surface area contributed by atoms with Crippen LogP contribution in [0.15, 0.2) is 0 Å². The molecular formula is C18H36N2O. The minimum absolute atomic E-state index is 0.450. The lowest BCUT2D eigenvalue weighted by Crippen LogP contribution is -2.60. The third-order valence-electron chi connectivity index (χ3n) is 5.35. The van der Waals surface area contributed by atoms with Crippen LogP contribution in [-0.4, -0.2) is 49.8 Å². The molecule has 0 amide bonds. The van der Waals surface area contributed by atoms with Gasteiger partial charge >= 0.3 is 0 Å². The van der Waals surface area contributed by atoms with E-state index in [4.69, 9.17) is 4.74 Å². The maximum Gasteiger partial charge on any atom is 0.0471 e. The molecule has 0 saturated carbocycles. The van der Waals surface area contributed by atoms with E-state index in [1.807, 2.05) is 0 Å². The molecule has 3 nitrogen and oxygen atoms in total. The molecule has 0 aromatic heterocycles. The number of hydrogen-bond acceptors (Lipinski definition) is 3. The quantitative estimate of drug-likeness (QED) is 0.843. The standard InChI is InChI=1S/C18H36N2O/c1-14(2)10-16-12-20(17(11-19-16)15(3)4)13-18(5)6-8-21-9-7-18/h14-17,19H,6-13H2,1-5H3. The van der Waals surface area contributed by atoms with Gasteiger partial charge < -0.3 is 10.1 Å². The monoisotopic (exact) mass is 296 g/mol. The second-order valence-electron chi connectivity index (χ2n) is 8.40. The van der Waals surface area contributed by atoms with Crippen LogP contribution < -0.4 is 5.32 Å². The number of ether oxygens (including phenoxy) is 1. The predicted octanol–water partition coefficient (Wildman–Crippen LogP) is 3.15. The van der Waals surface area contributed by atoms with Gasteiger partial charge in [-0.15, -0.1) is 0 Å². The van der Waals surface area contributed by atoms with E-state index < -0.39 is 0 Å². The molecule has 3 heteroatoms. The number of rotatable bonds is 5. The zero-order valence-corrected chi connectivity index (χ0v) is 14.8. The van der Waals surface area contributed by atoms with Crippen molar-refractivity contribution in [2.75, 3.05) is 32.8 Å². The molecule has 0 spiro atoms. The second kappa shape index (κ2) is 7.43. The third kappa shape index (κ3) is 4.94. The van der Waals surface area contributed by atoms with Gasteiger partial charge in [0.25, 0.3) is 0 Å². The molecule has 0 radical (unpaired) electrons. The van der Waals surface area contributed by atoms with Crippen molar-refractivity contribution in [1.29, 1.82) is 0 Å². The minimum atomic E-state index is 0.450. The van der Waals surface area contributed by atoms with E-state index in [1.54, 1.807) is 0 Å². The highest BCUT2D eigenvalue weighted by molar-refractivity contribution is 4.92. The summed E-state index contributed by atoms with van der Waals surface area (Å²) in [6.45, 7) is 17.4. The summed E-state index contributed by atoms with van der Waals surface area (Å²) >= 11 is 0. The average Bonchev–Trinajstić information content (AvgIpc) is 2.38. The fourth-order valence-electron chi connectivity index (χ4n) is 3.98. The summed E-state index contributed by atoms with van der Waals surface area (Å²) < 4.78 is 5.57. The van der Waals surface area contributed by atoms with Crippen molar-refractivity contribution in [2.45, 2.75) is 66.0 Å². The lowest BCUT2D eigenvalue weighted by molar-refractivity contribution is -0.0175. The van der Waals surface area contributed by atoms with Crippen molar-refractivity contribution in [3.8, 4) is 0 Å². The lowest BCUT2D eigenvalue weighted by atomic mass is 9.80. The Labute approximate surface area is 131 Å². The number of hydrogen-bond donors (Lipinski definition) is 1.